The molecule has 2 rings (SSSR count). The Hall–Kier alpha value is -1.59. The molecule has 0 aliphatic carbocycles. The number of carbonyl (C=O) groups is 1. The molecule has 18 heavy (non-hydrogen) atoms. The number of benzene rings is 1. The van der Waals surface area contributed by atoms with E-state index in [0.717, 1.165) is 5.52 Å². The zero-order valence-electron chi connectivity index (χ0n) is 10.2. The first-order chi connectivity index (χ1) is 8.63. The highest BCUT2D eigenvalue weighted by atomic mass is 35.5. The van der Waals surface area contributed by atoms with E-state index in [1.807, 2.05) is 13.1 Å². The smallest absolute Gasteiger partial charge is 0.251 e. The van der Waals surface area contributed by atoms with E-state index in [4.69, 9.17) is 16.3 Å². The van der Waals surface area contributed by atoms with Crippen LogP contribution in [0.25, 0.3) is 11.0 Å². The average Bonchev–Trinajstić information content (AvgIpc) is 2.65. The second kappa shape index (κ2) is 5.37. The van der Waals surface area contributed by atoms with Gasteiger partial charge in [-0.2, -0.15) is 0 Å². The van der Waals surface area contributed by atoms with Crippen molar-refractivity contribution in [1.29, 1.82) is 0 Å². The fraction of sp³-hybridized carbons (Fsp3) is 0.333. The number of hydrogen-bond donors (Lipinski definition) is 1. The number of aromatic nitrogens is 2. The third kappa shape index (κ3) is 2.47. The van der Waals surface area contributed by atoms with Crippen molar-refractivity contribution in [3.05, 3.63) is 29.0 Å². The maximum absolute atomic E-state index is 11.8. The summed E-state index contributed by atoms with van der Waals surface area (Å²) in [4.78, 5) is 16.0. The molecule has 0 radical (unpaired) electrons. The van der Waals surface area contributed by atoms with Crippen LogP contribution in [0.1, 0.15) is 10.4 Å². The standard InChI is InChI=1S/C12H14ClN3O2/c1-16-10-4-3-8(7-9(10)15-12(16)13)11(17)14-5-6-18-2/h3-4,7H,5-6H2,1-2H3,(H,14,17). The second-order valence-corrected chi connectivity index (χ2v) is 4.23. The maximum atomic E-state index is 11.8. The van der Waals surface area contributed by atoms with E-state index < -0.39 is 0 Å². The van der Waals surface area contributed by atoms with Gasteiger partial charge in [-0.15, -0.1) is 0 Å². The van der Waals surface area contributed by atoms with Gasteiger partial charge in [-0.1, -0.05) is 0 Å². The van der Waals surface area contributed by atoms with Gasteiger partial charge in [0.05, 0.1) is 17.6 Å². The molecule has 5 nitrogen and oxygen atoms in total. The Morgan fingerprint density at radius 3 is 3.06 bits per heavy atom. The highest BCUT2D eigenvalue weighted by Crippen LogP contribution is 2.19. The fourth-order valence-electron chi connectivity index (χ4n) is 1.68. The van der Waals surface area contributed by atoms with Crippen molar-refractivity contribution in [3.8, 4) is 0 Å². The molecule has 0 spiro atoms. The molecule has 1 aromatic heterocycles. The molecule has 96 valence electrons. The normalized spacial score (nSPS) is 10.8. The predicted molar refractivity (Wildman–Crippen MR) is 69.9 cm³/mol. The van der Waals surface area contributed by atoms with Crippen molar-refractivity contribution in [3.63, 3.8) is 0 Å². The van der Waals surface area contributed by atoms with Crippen LogP contribution in [0.4, 0.5) is 0 Å². The molecule has 0 saturated carbocycles. The third-order valence-corrected chi connectivity index (χ3v) is 3.02. The number of hydrogen-bond acceptors (Lipinski definition) is 3. The largest absolute Gasteiger partial charge is 0.383 e. The number of nitrogens with zero attached hydrogens (tertiary/aromatic N) is 2. The Bertz CT molecular complexity index is 580. The zero-order valence-corrected chi connectivity index (χ0v) is 11.0. The second-order valence-electron chi connectivity index (χ2n) is 3.89. The molecular formula is C12H14ClN3O2. The quantitative estimate of drug-likeness (QED) is 0.856. The number of nitrogens with one attached hydrogen (secondary N) is 1. The van der Waals surface area contributed by atoms with Gasteiger partial charge < -0.3 is 14.6 Å². The number of methoxy groups -OCH3 is 1. The summed E-state index contributed by atoms with van der Waals surface area (Å²) in [6.07, 6.45) is 0. The van der Waals surface area contributed by atoms with E-state index in [-0.39, 0.29) is 5.91 Å². The number of aryl methyl sites for hydroxylation is 1. The van der Waals surface area contributed by atoms with Gasteiger partial charge >= 0.3 is 0 Å². The minimum absolute atomic E-state index is 0.143. The van der Waals surface area contributed by atoms with E-state index in [0.29, 0.717) is 29.5 Å². The van der Waals surface area contributed by atoms with Crippen LogP contribution in [0.5, 0.6) is 0 Å². The summed E-state index contributed by atoms with van der Waals surface area (Å²) < 4.78 is 6.64. The molecule has 1 heterocycles. The van der Waals surface area contributed by atoms with Crippen molar-refractivity contribution in [2.45, 2.75) is 0 Å². The maximum Gasteiger partial charge on any atom is 0.251 e. The number of rotatable bonds is 4. The molecular weight excluding hydrogens is 254 g/mol. The van der Waals surface area contributed by atoms with Crippen LogP contribution >= 0.6 is 11.6 Å². The van der Waals surface area contributed by atoms with Gasteiger partial charge in [-0.05, 0) is 29.8 Å². The lowest BCUT2D eigenvalue weighted by Gasteiger charge is -2.04. The third-order valence-electron chi connectivity index (χ3n) is 2.68. The Morgan fingerprint density at radius 1 is 1.56 bits per heavy atom. The summed E-state index contributed by atoms with van der Waals surface area (Å²) in [5.41, 5.74) is 2.17. The Kier molecular flexibility index (Phi) is 3.84. The number of imidazole rings is 1. The van der Waals surface area contributed by atoms with Crippen molar-refractivity contribution in [1.82, 2.24) is 14.9 Å². The van der Waals surface area contributed by atoms with Gasteiger partial charge in [-0.3, -0.25) is 4.79 Å². The van der Waals surface area contributed by atoms with Crippen molar-refractivity contribution in [2.75, 3.05) is 20.3 Å². The van der Waals surface area contributed by atoms with Crippen molar-refractivity contribution in [2.24, 2.45) is 7.05 Å². The molecule has 0 bridgehead atoms. The Morgan fingerprint density at radius 2 is 2.33 bits per heavy atom. The molecule has 1 amide bonds. The van der Waals surface area contributed by atoms with Crippen LogP contribution < -0.4 is 5.32 Å². The number of ether oxygens (including phenoxy) is 1. The summed E-state index contributed by atoms with van der Waals surface area (Å²) in [5.74, 6) is -0.143. The van der Waals surface area contributed by atoms with E-state index >= 15 is 0 Å². The van der Waals surface area contributed by atoms with E-state index in [9.17, 15) is 4.79 Å². The predicted octanol–water partition coefficient (Wildman–Crippen LogP) is 1.60. The molecule has 1 aromatic carbocycles. The first-order valence-corrected chi connectivity index (χ1v) is 5.90. The van der Waals surface area contributed by atoms with Crippen LogP contribution in [-0.4, -0.2) is 35.7 Å². The summed E-state index contributed by atoms with van der Waals surface area (Å²) in [5, 5.41) is 3.16. The minimum atomic E-state index is -0.143. The molecule has 0 saturated heterocycles. The Labute approximate surface area is 110 Å². The number of carbonyl (C=O) groups excluding carboxylic acids is 1. The van der Waals surface area contributed by atoms with Crippen molar-refractivity contribution >= 4 is 28.5 Å². The summed E-state index contributed by atoms with van der Waals surface area (Å²) >= 11 is 5.92. The lowest BCUT2D eigenvalue weighted by molar-refractivity contribution is 0.0937. The van der Waals surface area contributed by atoms with Gasteiger partial charge in [0.2, 0.25) is 5.28 Å². The summed E-state index contributed by atoms with van der Waals surface area (Å²) in [6.45, 7) is 0.972. The first-order valence-electron chi connectivity index (χ1n) is 5.52. The number of halogens is 1. The lowest BCUT2D eigenvalue weighted by Crippen LogP contribution is -2.26. The van der Waals surface area contributed by atoms with Crippen LogP contribution in [0.15, 0.2) is 18.2 Å². The molecule has 0 fully saturated rings. The van der Waals surface area contributed by atoms with Gasteiger partial charge in [0, 0.05) is 26.3 Å². The van der Waals surface area contributed by atoms with Crippen LogP contribution in [0.2, 0.25) is 5.28 Å². The molecule has 0 aliphatic heterocycles. The molecule has 0 atom stereocenters. The topological polar surface area (TPSA) is 56.1 Å². The summed E-state index contributed by atoms with van der Waals surface area (Å²) in [6, 6.07) is 5.31. The highest BCUT2D eigenvalue weighted by molar-refractivity contribution is 6.29. The molecule has 1 N–H and O–H groups in total. The monoisotopic (exact) mass is 267 g/mol. The molecule has 2 aromatic rings. The highest BCUT2D eigenvalue weighted by Gasteiger charge is 2.10. The van der Waals surface area contributed by atoms with Crippen molar-refractivity contribution < 1.29 is 9.53 Å². The van der Waals surface area contributed by atoms with Crippen LogP contribution in [0.3, 0.4) is 0 Å². The van der Waals surface area contributed by atoms with E-state index in [1.165, 1.54) is 0 Å². The number of fused-ring (bicyclic) bond motifs is 1. The average molecular weight is 268 g/mol. The van der Waals surface area contributed by atoms with E-state index in [1.54, 1.807) is 23.8 Å². The molecule has 0 unspecified atom stereocenters. The lowest BCUT2D eigenvalue weighted by atomic mass is 10.2. The van der Waals surface area contributed by atoms with E-state index in [2.05, 4.69) is 10.3 Å². The first kappa shape index (κ1) is 12.9. The zero-order chi connectivity index (χ0) is 13.1. The van der Waals surface area contributed by atoms with Gasteiger partial charge in [0.1, 0.15) is 0 Å². The SMILES string of the molecule is COCCNC(=O)c1ccc2c(c1)nc(Cl)n2C. The van der Waals surface area contributed by atoms with Crippen LogP contribution in [0, 0.1) is 0 Å². The fourth-order valence-corrected chi connectivity index (χ4v) is 1.86. The van der Waals surface area contributed by atoms with Gasteiger partial charge in [0.25, 0.3) is 5.91 Å². The number of amides is 1. The molecule has 0 aliphatic rings. The minimum Gasteiger partial charge on any atom is -0.383 e. The summed E-state index contributed by atoms with van der Waals surface area (Å²) in [7, 11) is 3.42. The van der Waals surface area contributed by atoms with Gasteiger partial charge in [-0.25, -0.2) is 4.98 Å². The van der Waals surface area contributed by atoms with Crippen LogP contribution in [-0.2, 0) is 11.8 Å². The Balaban J connectivity index is 2.22. The molecule has 6 heteroatoms. The van der Waals surface area contributed by atoms with Gasteiger partial charge in [0.15, 0.2) is 0 Å².